The van der Waals surface area contributed by atoms with Crippen molar-refractivity contribution in [2.45, 2.75) is 77.6 Å². The van der Waals surface area contributed by atoms with Gasteiger partial charge in [0.2, 0.25) is 5.91 Å². The average Bonchev–Trinajstić information content (AvgIpc) is 3.03. The lowest BCUT2D eigenvalue weighted by atomic mass is 9.92. The molecule has 0 aliphatic carbocycles. The molecule has 0 aromatic heterocycles. The van der Waals surface area contributed by atoms with Crippen LogP contribution in [0, 0.1) is 31.4 Å². The molecule has 4 rings (SSSR count). The number of aliphatic hydroxyl groups is 1. The van der Waals surface area contributed by atoms with Gasteiger partial charge in [0.1, 0.15) is 23.4 Å². The molecule has 11 heteroatoms. The molecular weight excluding hydrogens is 618 g/mol. The van der Waals surface area contributed by atoms with Crippen LogP contribution in [-0.2, 0) is 22.4 Å². The van der Waals surface area contributed by atoms with Gasteiger partial charge in [-0.2, -0.15) is 0 Å². The number of urea groups is 1. The van der Waals surface area contributed by atoms with E-state index in [1.54, 1.807) is 24.3 Å². The van der Waals surface area contributed by atoms with Crippen molar-refractivity contribution in [1.29, 1.82) is 0 Å². The van der Waals surface area contributed by atoms with Gasteiger partial charge < -0.3 is 30.7 Å². The second-order valence-electron chi connectivity index (χ2n) is 12.8. The Bertz CT molecular complexity index is 1510. The van der Waals surface area contributed by atoms with E-state index in [0.717, 1.165) is 16.7 Å². The highest BCUT2D eigenvalue weighted by Gasteiger charge is 2.35. The highest BCUT2D eigenvalue weighted by molar-refractivity contribution is 5.87. The summed E-state index contributed by atoms with van der Waals surface area (Å²) in [5.41, 5.74) is 3.18. The summed E-state index contributed by atoms with van der Waals surface area (Å²) in [5.74, 6) is -1.24. The van der Waals surface area contributed by atoms with Gasteiger partial charge in [-0.3, -0.25) is 9.59 Å². The highest BCUT2D eigenvalue weighted by Crippen LogP contribution is 2.23. The van der Waals surface area contributed by atoms with Crippen LogP contribution in [0.2, 0.25) is 0 Å². The van der Waals surface area contributed by atoms with Crippen LogP contribution in [0.5, 0.6) is 5.75 Å². The molecular formula is C37H46F2N4O5. The van der Waals surface area contributed by atoms with Gasteiger partial charge in [0, 0.05) is 19.1 Å². The average molecular weight is 665 g/mol. The van der Waals surface area contributed by atoms with Gasteiger partial charge in [-0.25, -0.2) is 13.6 Å². The molecule has 1 aliphatic rings. The summed E-state index contributed by atoms with van der Waals surface area (Å²) in [6.07, 6.45) is -0.00803. The van der Waals surface area contributed by atoms with Crippen LogP contribution in [0.15, 0.2) is 66.7 Å². The van der Waals surface area contributed by atoms with Crippen LogP contribution in [0.1, 0.15) is 48.9 Å². The van der Waals surface area contributed by atoms with Gasteiger partial charge >= 0.3 is 6.03 Å². The summed E-state index contributed by atoms with van der Waals surface area (Å²) in [7, 11) is 0. The van der Waals surface area contributed by atoms with Crippen LogP contribution in [0.4, 0.5) is 13.6 Å². The molecule has 1 saturated heterocycles. The van der Waals surface area contributed by atoms with Crippen molar-refractivity contribution in [2.75, 3.05) is 19.7 Å². The topological polar surface area (TPSA) is 120 Å². The van der Waals surface area contributed by atoms with E-state index >= 15 is 0 Å². The Hall–Kier alpha value is -4.51. The SMILES string of the molecule is Cc1cccc(C)c1OCC(=O)N[C@@H](Cc1ccc(F)cc1)[C@@H](O)C[C@H](Cc1ccc(F)cc1)NC(=O)[C@H](C(C)C)N1CCCNC1=O. The number of para-hydroxylation sites is 1. The first-order valence-corrected chi connectivity index (χ1v) is 16.4. The molecule has 1 aliphatic heterocycles. The molecule has 4 N–H and O–H groups in total. The Morgan fingerprint density at radius 2 is 1.50 bits per heavy atom. The first kappa shape index (κ1) is 36.3. The molecule has 0 spiro atoms. The van der Waals surface area contributed by atoms with E-state index < -0.39 is 41.8 Å². The number of halogens is 2. The molecule has 0 saturated carbocycles. The van der Waals surface area contributed by atoms with E-state index in [4.69, 9.17) is 4.74 Å². The third-order valence-corrected chi connectivity index (χ3v) is 8.55. The second-order valence-corrected chi connectivity index (χ2v) is 12.8. The maximum absolute atomic E-state index is 13.8. The number of rotatable bonds is 15. The number of amides is 4. The Kier molecular flexibility index (Phi) is 12.9. The molecule has 9 nitrogen and oxygen atoms in total. The lowest BCUT2D eigenvalue weighted by molar-refractivity contribution is -0.128. The smallest absolute Gasteiger partial charge is 0.318 e. The number of nitrogens with one attached hydrogen (secondary N) is 3. The minimum absolute atomic E-state index is 0.0179. The zero-order chi connectivity index (χ0) is 34.8. The number of nitrogens with zero attached hydrogens (tertiary/aromatic N) is 1. The highest BCUT2D eigenvalue weighted by atomic mass is 19.1. The molecule has 4 amide bonds. The van der Waals surface area contributed by atoms with Gasteiger partial charge in [0.25, 0.3) is 5.91 Å². The van der Waals surface area contributed by atoms with E-state index in [1.807, 2.05) is 45.9 Å². The van der Waals surface area contributed by atoms with Crippen LogP contribution < -0.4 is 20.7 Å². The van der Waals surface area contributed by atoms with Crippen molar-refractivity contribution in [2.24, 2.45) is 5.92 Å². The third-order valence-electron chi connectivity index (χ3n) is 8.55. The Morgan fingerprint density at radius 1 is 0.917 bits per heavy atom. The molecule has 48 heavy (non-hydrogen) atoms. The predicted octanol–water partition coefficient (Wildman–Crippen LogP) is 4.61. The summed E-state index contributed by atoms with van der Waals surface area (Å²) < 4.78 is 33.3. The maximum atomic E-state index is 13.8. The van der Waals surface area contributed by atoms with Crippen molar-refractivity contribution in [3.63, 3.8) is 0 Å². The number of hydrogen-bond donors (Lipinski definition) is 4. The Balaban J connectivity index is 1.55. The van der Waals surface area contributed by atoms with Gasteiger partial charge in [0.05, 0.1) is 12.1 Å². The van der Waals surface area contributed by atoms with Crippen molar-refractivity contribution in [3.05, 3.63) is 101 Å². The second kappa shape index (κ2) is 17.1. The van der Waals surface area contributed by atoms with Crippen molar-refractivity contribution in [1.82, 2.24) is 20.9 Å². The van der Waals surface area contributed by atoms with E-state index in [-0.39, 0.29) is 43.7 Å². The minimum Gasteiger partial charge on any atom is -0.483 e. The largest absolute Gasteiger partial charge is 0.483 e. The monoisotopic (exact) mass is 664 g/mol. The summed E-state index contributed by atoms with van der Waals surface area (Å²) in [4.78, 5) is 41.2. The maximum Gasteiger partial charge on any atom is 0.318 e. The first-order valence-electron chi connectivity index (χ1n) is 16.4. The van der Waals surface area contributed by atoms with Crippen molar-refractivity contribution < 1.29 is 33.0 Å². The van der Waals surface area contributed by atoms with Crippen LogP contribution >= 0.6 is 0 Å². The number of aliphatic hydroxyl groups excluding tert-OH is 1. The quantitative estimate of drug-likeness (QED) is 0.189. The zero-order valence-corrected chi connectivity index (χ0v) is 28.0. The fourth-order valence-electron chi connectivity index (χ4n) is 6.13. The zero-order valence-electron chi connectivity index (χ0n) is 28.0. The molecule has 258 valence electrons. The Labute approximate surface area is 281 Å². The normalized spacial score (nSPS) is 15.7. The number of aryl methyl sites for hydroxylation is 2. The molecule has 3 aromatic carbocycles. The molecule has 3 aromatic rings. The van der Waals surface area contributed by atoms with Gasteiger partial charge in [-0.05, 0) is 92.0 Å². The molecule has 1 heterocycles. The fourth-order valence-corrected chi connectivity index (χ4v) is 6.13. The van der Waals surface area contributed by atoms with Gasteiger partial charge in [-0.1, -0.05) is 56.3 Å². The summed E-state index contributed by atoms with van der Waals surface area (Å²) in [6, 6.07) is 14.8. The Morgan fingerprint density at radius 3 is 2.06 bits per heavy atom. The molecule has 0 bridgehead atoms. The number of carbonyl (C=O) groups excluding carboxylic acids is 3. The van der Waals surface area contributed by atoms with Crippen LogP contribution in [0.25, 0.3) is 0 Å². The van der Waals surface area contributed by atoms with E-state index in [9.17, 15) is 28.3 Å². The number of hydrogen-bond acceptors (Lipinski definition) is 5. The van der Waals surface area contributed by atoms with Gasteiger partial charge in [0.15, 0.2) is 6.61 Å². The van der Waals surface area contributed by atoms with E-state index in [2.05, 4.69) is 16.0 Å². The van der Waals surface area contributed by atoms with Crippen LogP contribution in [-0.4, -0.2) is 71.8 Å². The van der Waals surface area contributed by atoms with Crippen molar-refractivity contribution >= 4 is 17.8 Å². The number of benzene rings is 3. The predicted molar refractivity (Wildman–Crippen MR) is 179 cm³/mol. The van der Waals surface area contributed by atoms with E-state index in [0.29, 0.717) is 30.8 Å². The minimum atomic E-state index is -1.17. The van der Waals surface area contributed by atoms with E-state index in [1.165, 1.54) is 29.2 Å². The van der Waals surface area contributed by atoms with Gasteiger partial charge in [-0.15, -0.1) is 0 Å². The summed E-state index contributed by atoms with van der Waals surface area (Å²) >= 11 is 0. The molecule has 0 radical (unpaired) electrons. The molecule has 1 fully saturated rings. The van der Waals surface area contributed by atoms with Crippen molar-refractivity contribution in [3.8, 4) is 5.75 Å². The third kappa shape index (κ3) is 10.2. The lowest BCUT2D eigenvalue weighted by Gasteiger charge is -2.37. The van der Waals surface area contributed by atoms with Crippen LogP contribution in [0.3, 0.4) is 0 Å². The molecule has 0 unspecified atom stereocenters. The summed E-state index contributed by atoms with van der Waals surface area (Å²) in [5, 5.41) is 20.4. The number of ether oxygens (including phenoxy) is 1. The molecule has 4 atom stereocenters. The fraction of sp³-hybridized carbons (Fsp3) is 0.432. The standard InChI is InChI=1S/C37H46F2N4O5/c1-23(2)34(43-18-6-17-40-37(43)47)36(46)41-30(19-26-9-13-28(38)14-10-26)21-32(44)31(20-27-11-15-29(39)16-12-27)42-33(45)22-48-35-24(3)7-5-8-25(35)4/h5,7-16,23,30-32,34,44H,6,17-22H2,1-4H3,(H,40,47)(H,41,46)(H,42,45)/t30-,31-,32-,34-/m0/s1. The lowest BCUT2D eigenvalue weighted by Crippen LogP contribution is -2.59. The summed E-state index contributed by atoms with van der Waals surface area (Å²) in [6.45, 7) is 8.19. The first-order chi connectivity index (χ1) is 22.9. The number of carbonyl (C=O) groups is 3.